The minimum atomic E-state index is 0.295. The van der Waals surface area contributed by atoms with Gasteiger partial charge < -0.3 is 5.32 Å². The number of rotatable bonds is 4. The van der Waals surface area contributed by atoms with Gasteiger partial charge in [-0.05, 0) is 48.1 Å². The Morgan fingerprint density at radius 1 is 1.22 bits per heavy atom. The van der Waals surface area contributed by atoms with Gasteiger partial charge in [-0.15, -0.1) is 0 Å². The number of benzene rings is 1. The number of hydrogen-bond donors (Lipinski definition) is 1. The number of aromatic nitrogens is 1. The number of halogens is 1. The van der Waals surface area contributed by atoms with E-state index in [9.17, 15) is 0 Å². The highest BCUT2D eigenvalue weighted by atomic mass is 79.9. The van der Waals surface area contributed by atoms with Gasteiger partial charge in [-0.25, -0.2) is 4.98 Å². The highest BCUT2D eigenvalue weighted by Gasteiger charge is 2.11. The van der Waals surface area contributed by atoms with Crippen molar-refractivity contribution < 1.29 is 0 Å². The van der Waals surface area contributed by atoms with Gasteiger partial charge in [0.25, 0.3) is 0 Å². The first kappa shape index (κ1) is 13.6. The SMILES string of the molecule is CNC(C)c1cccnc1Sc1ccccc1Br. The van der Waals surface area contributed by atoms with Crippen LogP contribution in [0.3, 0.4) is 0 Å². The van der Waals surface area contributed by atoms with Crippen LogP contribution in [0.1, 0.15) is 18.5 Å². The molecule has 2 aromatic rings. The van der Waals surface area contributed by atoms with E-state index in [0.717, 1.165) is 9.50 Å². The summed E-state index contributed by atoms with van der Waals surface area (Å²) in [7, 11) is 1.96. The molecule has 4 heteroatoms. The summed E-state index contributed by atoms with van der Waals surface area (Å²) in [5, 5.41) is 4.30. The zero-order valence-electron chi connectivity index (χ0n) is 10.4. The molecule has 1 atom stereocenters. The molecule has 0 amide bonds. The van der Waals surface area contributed by atoms with Crippen molar-refractivity contribution in [3.63, 3.8) is 0 Å². The standard InChI is InChI=1S/C14H15BrN2S/c1-10(16-2)11-6-5-9-17-14(11)18-13-8-4-3-7-12(13)15/h3-10,16H,1-2H3. The summed E-state index contributed by atoms with van der Waals surface area (Å²) in [6.07, 6.45) is 1.84. The second-order valence-corrected chi connectivity index (χ2v) is 5.83. The van der Waals surface area contributed by atoms with Gasteiger partial charge in [0.1, 0.15) is 5.03 Å². The molecule has 0 spiro atoms. The van der Waals surface area contributed by atoms with Crippen LogP contribution in [0.25, 0.3) is 0 Å². The summed E-state index contributed by atoms with van der Waals surface area (Å²) < 4.78 is 1.10. The zero-order chi connectivity index (χ0) is 13.0. The molecule has 1 unspecified atom stereocenters. The lowest BCUT2D eigenvalue weighted by atomic mass is 10.1. The number of nitrogens with zero attached hydrogens (tertiary/aromatic N) is 1. The lowest BCUT2D eigenvalue weighted by molar-refractivity contribution is 0.634. The monoisotopic (exact) mass is 322 g/mol. The highest BCUT2D eigenvalue weighted by molar-refractivity contribution is 9.10. The van der Waals surface area contributed by atoms with E-state index in [1.807, 2.05) is 37.5 Å². The summed E-state index contributed by atoms with van der Waals surface area (Å²) in [5.74, 6) is 0. The van der Waals surface area contributed by atoms with E-state index in [1.165, 1.54) is 10.5 Å². The van der Waals surface area contributed by atoms with E-state index >= 15 is 0 Å². The van der Waals surface area contributed by atoms with Gasteiger partial charge in [0.05, 0.1) is 0 Å². The normalized spacial score (nSPS) is 12.4. The number of nitrogens with one attached hydrogen (secondary N) is 1. The Balaban J connectivity index is 2.32. The van der Waals surface area contributed by atoms with Crippen molar-refractivity contribution in [3.05, 3.63) is 52.6 Å². The zero-order valence-corrected chi connectivity index (χ0v) is 12.8. The third-order valence-corrected chi connectivity index (χ3v) is 4.81. The van der Waals surface area contributed by atoms with E-state index < -0.39 is 0 Å². The van der Waals surface area contributed by atoms with Crippen LogP contribution >= 0.6 is 27.7 Å². The van der Waals surface area contributed by atoms with Crippen molar-refractivity contribution in [1.82, 2.24) is 10.3 Å². The first-order chi connectivity index (χ1) is 8.72. The minimum Gasteiger partial charge on any atom is -0.313 e. The molecule has 1 aromatic carbocycles. The maximum atomic E-state index is 4.49. The van der Waals surface area contributed by atoms with Crippen molar-refractivity contribution in [2.45, 2.75) is 22.9 Å². The van der Waals surface area contributed by atoms with Crippen molar-refractivity contribution in [1.29, 1.82) is 0 Å². The average molecular weight is 323 g/mol. The molecule has 1 aromatic heterocycles. The number of pyridine rings is 1. The summed E-state index contributed by atoms with van der Waals surface area (Å²) in [5.41, 5.74) is 1.22. The van der Waals surface area contributed by atoms with Gasteiger partial charge in [0.2, 0.25) is 0 Å². The van der Waals surface area contributed by atoms with E-state index in [-0.39, 0.29) is 0 Å². The van der Waals surface area contributed by atoms with E-state index in [0.29, 0.717) is 6.04 Å². The first-order valence-corrected chi connectivity index (χ1v) is 7.38. The van der Waals surface area contributed by atoms with Crippen LogP contribution in [0, 0.1) is 0 Å². The Labute approximate surface area is 120 Å². The molecular formula is C14H15BrN2S. The minimum absolute atomic E-state index is 0.295. The molecule has 2 rings (SSSR count). The second-order valence-electron chi connectivity index (χ2n) is 3.94. The molecule has 0 aliphatic carbocycles. The van der Waals surface area contributed by atoms with Gasteiger partial charge in [-0.2, -0.15) is 0 Å². The molecule has 0 aliphatic heterocycles. The third kappa shape index (κ3) is 3.13. The fourth-order valence-corrected chi connectivity index (χ4v) is 3.13. The van der Waals surface area contributed by atoms with Gasteiger partial charge in [-0.1, -0.05) is 30.0 Å². The molecule has 0 radical (unpaired) electrons. The van der Waals surface area contributed by atoms with Gasteiger partial charge in [0.15, 0.2) is 0 Å². The summed E-state index contributed by atoms with van der Waals surface area (Å²) in [4.78, 5) is 5.67. The lowest BCUT2D eigenvalue weighted by Crippen LogP contribution is -2.13. The maximum absolute atomic E-state index is 4.49. The van der Waals surface area contributed by atoms with Crippen molar-refractivity contribution in [2.75, 3.05) is 7.05 Å². The smallest absolute Gasteiger partial charge is 0.106 e. The summed E-state index contributed by atoms with van der Waals surface area (Å²) in [6, 6.07) is 12.6. The molecule has 0 fully saturated rings. The van der Waals surface area contributed by atoms with Crippen LogP contribution in [0.4, 0.5) is 0 Å². The molecule has 0 saturated carbocycles. The van der Waals surface area contributed by atoms with Gasteiger partial charge >= 0.3 is 0 Å². The Hall–Kier alpha value is -0.840. The quantitative estimate of drug-likeness (QED) is 0.909. The fourth-order valence-electron chi connectivity index (χ4n) is 1.61. The van der Waals surface area contributed by atoms with Crippen LogP contribution in [-0.2, 0) is 0 Å². The van der Waals surface area contributed by atoms with Gasteiger partial charge in [0, 0.05) is 27.2 Å². The van der Waals surface area contributed by atoms with E-state index in [1.54, 1.807) is 11.8 Å². The molecule has 2 nitrogen and oxygen atoms in total. The maximum Gasteiger partial charge on any atom is 0.106 e. The third-order valence-electron chi connectivity index (χ3n) is 2.74. The lowest BCUT2D eigenvalue weighted by Gasteiger charge is -2.14. The van der Waals surface area contributed by atoms with Gasteiger partial charge in [-0.3, -0.25) is 0 Å². The Morgan fingerprint density at radius 3 is 2.72 bits per heavy atom. The van der Waals surface area contributed by atoms with Crippen LogP contribution in [0.2, 0.25) is 0 Å². The molecular weight excluding hydrogens is 308 g/mol. The van der Waals surface area contributed by atoms with Crippen LogP contribution in [-0.4, -0.2) is 12.0 Å². The van der Waals surface area contributed by atoms with Crippen molar-refractivity contribution in [3.8, 4) is 0 Å². The molecule has 1 heterocycles. The first-order valence-electron chi connectivity index (χ1n) is 5.77. The Bertz CT molecular complexity index is 531. The molecule has 0 aliphatic rings. The summed E-state index contributed by atoms with van der Waals surface area (Å²) >= 11 is 5.25. The Kier molecular flexibility index (Phi) is 4.80. The predicted molar refractivity (Wildman–Crippen MR) is 80.0 cm³/mol. The molecule has 0 bridgehead atoms. The largest absolute Gasteiger partial charge is 0.313 e. The van der Waals surface area contributed by atoms with E-state index in [4.69, 9.17) is 0 Å². The predicted octanol–water partition coefficient (Wildman–Crippen LogP) is 4.28. The van der Waals surface area contributed by atoms with Crippen molar-refractivity contribution in [2.24, 2.45) is 0 Å². The summed E-state index contributed by atoms with van der Waals surface area (Å²) in [6.45, 7) is 2.14. The topological polar surface area (TPSA) is 24.9 Å². The molecule has 1 N–H and O–H groups in total. The average Bonchev–Trinajstić information content (AvgIpc) is 2.41. The molecule has 18 heavy (non-hydrogen) atoms. The molecule has 0 saturated heterocycles. The van der Waals surface area contributed by atoms with Crippen LogP contribution < -0.4 is 5.32 Å². The Morgan fingerprint density at radius 2 is 2.00 bits per heavy atom. The van der Waals surface area contributed by atoms with E-state index in [2.05, 4.69) is 45.3 Å². The number of hydrogen-bond acceptors (Lipinski definition) is 3. The van der Waals surface area contributed by atoms with Crippen molar-refractivity contribution >= 4 is 27.7 Å². The van der Waals surface area contributed by atoms with Crippen LogP contribution in [0.15, 0.2) is 57.0 Å². The second kappa shape index (κ2) is 6.36. The highest BCUT2D eigenvalue weighted by Crippen LogP contribution is 2.35. The molecule has 94 valence electrons. The van der Waals surface area contributed by atoms with Crippen LogP contribution in [0.5, 0.6) is 0 Å². The fraction of sp³-hybridized carbons (Fsp3) is 0.214.